The van der Waals surface area contributed by atoms with E-state index in [0.29, 0.717) is 16.7 Å². The molecule has 0 aliphatic carbocycles. The molecule has 5 nitrogen and oxygen atoms in total. The van der Waals surface area contributed by atoms with Crippen molar-refractivity contribution in [1.82, 2.24) is 9.97 Å². The van der Waals surface area contributed by atoms with Crippen LogP contribution in [0.3, 0.4) is 0 Å². The minimum atomic E-state index is -0.144. The van der Waals surface area contributed by atoms with Crippen LogP contribution in [0.15, 0.2) is 18.2 Å². The molecular weight excluding hydrogens is 196 g/mol. The summed E-state index contributed by atoms with van der Waals surface area (Å²) < 4.78 is 9.95. The molecule has 0 spiro atoms. The van der Waals surface area contributed by atoms with Crippen molar-refractivity contribution < 1.29 is 14.6 Å². The topological polar surface area (TPSA) is 64.5 Å². The van der Waals surface area contributed by atoms with Gasteiger partial charge in [-0.3, -0.25) is 0 Å². The van der Waals surface area contributed by atoms with Gasteiger partial charge in [-0.05, 0) is 12.1 Å². The van der Waals surface area contributed by atoms with E-state index < -0.39 is 0 Å². The van der Waals surface area contributed by atoms with Gasteiger partial charge in [-0.1, -0.05) is 6.07 Å². The summed E-state index contributed by atoms with van der Waals surface area (Å²) in [5, 5.41) is 10.2. The summed E-state index contributed by atoms with van der Waals surface area (Å²) in [6.07, 6.45) is 0. The first kappa shape index (κ1) is 9.51. The fourth-order valence-corrected chi connectivity index (χ4v) is 1.37. The first-order chi connectivity index (χ1) is 7.26. The van der Waals surface area contributed by atoms with E-state index in [1.807, 2.05) is 0 Å². The number of methoxy groups -OCH3 is 2. The molecule has 5 heteroatoms. The molecule has 0 unspecified atom stereocenters. The van der Waals surface area contributed by atoms with E-state index in [9.17, 15) is 5.11 Å². The van der Waals surface area contributed by atoms with Gasteiger partial charge in [0.05, 0.1) is 19.7 Å². The Morgan fingerprint density at radius 2 is 1.93 bits per heavy atom. The minimum absolute atomic E-state index is 0.133. The SMILES string of the molecule is COc1nc(O)c2c(OC)cccc2n1. The third-order valence-electron chi connectivity index (χ3n) is 2.05. The second kappa shape index (κ2) is 3.61. The Morgan fingerprint density at radius 3 is 2.60 bits per heavy atom. The van der Waals surface area contributed by atoms with Gasteiger partial charge < -0.3 is 14.6 Å². The number of aromatic hydroxyl groups is 1. The molecule has 1 aromatic heterocycles. The van der Waals surface area contributed by atoms with Crippen molar-refractivity contribution in [2.24, 2.45) is 0 Å². The smallest absolute Gasteiger partial charge is 0.320 e. The Bertz CT molecular complexity index is 499. The standard InChI is InChI=1S/C10H10N2O3/c1-14-7-5-3-4-6-8(7)9(13)12-10(11-6)15-2/h3-5H,1-2H3,(H,11,12,13). The summed E-state index contributed by atoms with van der Waals surface area (Å²) in [4.78, 5) is 7.86. The number of hydrogen-bond donors (Lipinski definition) is 1. The number of nitrogens with zero attached hydrogens (tertiary/aromatic N) is 2. The molecule has 0 aliphatic heterocycles. The van der Waals surface area contributed by atoms with Gasteiger partial charge in [0.25, 0.3) is 0 Å². The highest BCUT2D eigenvalue weighted by atomic mass is 16.5. The summed E-state index contributed by atoms with van der Waals surface area (Å²) in [5.74, 6) is 0.391. The zero-order valence-electron chi connectivity index (χ0n) is 8.39. The van der Waals surface area contributed by atoms with Gasteiger partial charge in [0, 0.05) is 0 Å². The predicted octanol–water partition coefficient (Wildman–Crippen LogP) is 1.35. The average Bonchev–Trinajstić information content (AvgIpc) is 2.27. The molecule has 0 aliphatic rings. The van der Waals surface area contributed by atoms with Crippen LogP contribution in [0.2, 0.25) is 0 Å². The molecule has 78 valence electrons. The van der Waals surface area contributed by atoms with E-state index in [4.69, 9.17) is 9.47 Å². The summed E-state index contributed by atoms with van der Waals surface area (Å²) in [5.41, 5.74) is 0.582. The molecule has 0 saturated carbocycles. The third kappa shape index (κ3) is 1.52. The highest BCUT2D eigenvalue weighted by molar-refractivity contribution is 5.89. The van der Waals surface area contributed by atoms with Crippen molar-refractivity contribution in [2.45, 2.75) is 0 Å². The maximum absolute atomic E-state index is 9.68. The van der Waals surface area contributed by atoms with Crippen molar-refractivity contribution in [3.8, 4) is 17.6 Å². The monoisotopic (exact) mass is 206 g/mol. The zero-order valence-corrected chi connectivity index (χ0v) is 8.39. The maximum atomic E-state index is 9.68. The van der Waals surface area contributed by atoms with Crippen LogP contribution in [-0.4, -0.2) is 29.3 Å². The van der Waals surface area contributed by atoms with Crippen LogP contribution in [-0.2, 0) is 0 Å². The molecule has 15 heavy (non-hydrogen) atoms. The van der Waals surface area contributed by atoms with Crippen molar-refractivity contribution >= 4 is 10.9 Å². The lowest BCUT2D eigenvalue weighted by molar-refractivity contribution is 0.366. The number of rotatable bonds is 2. The maximum Gasteiger partial charge on any atom is 0.320 e. The Kier molecular flexibility index (Phi) is 2.29. The zero-order chi connectivity index (χ0) is 10.8. The lowest BCUT2D eigenvalue weighted by Gasteiger charge is -2.06. The van der Waals surface area contributed by atoms with Crippen LogP contribution in [0.5, 0.6) is 17.6 Å². The number of hydrogen-bond acceptors (Lipinski definition) is 5. The van der Waals surface area contributed by atoms with E-state index in [-0.39, 0.29) is 11.9 Å². The number of aromatic nitrogens is 2. The lowest BCUT2D eigenvalue weighted by Crippen LogP contribution is -1.94. The Morgan fingerprint density at radius 1 is 1.13 bits per heavy atom. The highest BCUT2D eigenvalue weighted by Crippen LogP contribution is 2.31. The average molecular weight is 206 g/mol. The molecular formula is C10H10N2O3. The molecule has 0 fully saturated rings. The van der Waals surface area contributed by atoms with E-state index in [2.05, 4.69) is 9.97 Å². The normalized spacial score (nSPS) is 10.3. The highest BCUT2D eigenvalue weighted by Gasteiger charge is 2.11. The van der Waals surface area contributed by atoms with Gasteiger partial charge in [0.2, 0.25) is 5.88 Å². The Labute approximate surface area is 86.3 Å². The van der Waals surface area contributed by atoms with Gasteiger partial charge in [0.1, 0.15) is 11.1 Å². The fourth-order valence-electron chi connectivity index (χ4n) is 1.37. The van der Waals surface area contributed by atoms with Crippen LogP contribution in [0, 0.1) is 0 Å². The molecule has 0 bridgehead atoms. The van der Waals surface area contributed by atoms with E-state index in [1.54, 1.807) is 18.2 Å². The van der Waals surface area contributed by atoms with Crippen molar-refractivity contribution in [3.05, 3.63) is 18.2 Å². The molecule has 1 aromatic carbocycles. The summed E-state index contributed by atoms with van der Waals surface area (Å²) in [7, 11) is 2.97. The number of fused-ring (bicyclic) bond motifs is 1. The van der Waals surface area contributed by atoms with Gasteiger partial charge in [-0.15, -0.1) is 0 Å². The van der Waals surface area contributed by atoms with Crippen molar-refractivity contribution in [2.75, 3.05) is 14.2 Å². The second-order valence-corrected chi connectivity index (χ2v) is 2.89. The molecule has 0 atom stereocenters. The van der Waals surface area contributed by atoms with Crippen LogP contribution in [0.25, 0.3) is 10.9 Å². The first-order valence-corrected chi connectivity index (χ1v) is 4.34. The van der Waals surface area contributed by atoms with Gasteiger partial charge in [-0.25, -0.2) is 0 Å². The minimum Gasteiger partial charge on any atom is -0.496 e. The van der Waals surface area contributed by atoms with Crippen molar-refractivity contribution in [1.29, 1.82) is 0 Å². The third-order valence-corrected chi connectivity index (χ3v) is 2.05. The predicted molar refractivity (Wildman–Crippen MR) is 54.3 cm³/mol. The lowest BCUT2D eigenvalue weighted by atomic mass is 10.2. The molecule has 1 N–H and O–H groups in total. The van der Waals surface area contributed by atoms with Crippen LogP contribution in [0.1, 0.15) is 0 Å². The molecule has 0 amide bonds. The molecule has 2 rings (SSSR count). The largest absolute Gasteiger partial charge is 0.496 e. The Balaban J connectivity index is 2.78. The number of benzene rings is 1. The van der Waals surface area contributed by atoms with Crippen LogP contribution in [0.4, 0.5) is 0 Å². The summed E-state index contributed by atoms with van der Waals surface area (Å²) >= 11 is 0. The van der Waals surface area contributed by atoms with Crippen molar-refractivity contribution in [3.63, 3.8) is 0 Å². The molecule has 1 heterocycles. The summed E-state index contributed by atoms with van der Waals surface area (Å²) in [6, 6.07) is 5.40. The van der Waals surface area contributed by atoms with Crippen LogP contribution < -0.4 is 9.47 Å². The van der Waals surface area contributed by atoms with E-state index in [0.717, 1.165) is 0 Å². The van der Waals surface area contributed by atoms with Gasteiger partial charge >= 0.3 is 6.01 Å². The number of ether oxygens (including phenoxy) is 2. The Hall–Kier alpha value is -2.04. The molecule has 2 aromatic rings. The first-order valence-electron chi connectivity index (χ1n) is 4.34. The van der Waals surface area contributed by atoms with E-state index in [1.165, 1.54) is 14.2 Å². The van der Waals surface area contributed by atoms with Gasteiger partial charge in [-0.2, -0.15) is 9.97 Å². The quantitative estimate of drug-likeness (QED) is 0.803. The van der Waals surface area contributed by atoms with E-state index >= 15 is 0 Å². The second-order valence-electron chi connectivity index (χ2n) is 2.89. The van der Waals surface area contributed by atoms with Crippen LogP contribution >= 0.6 is 0 Å². The fraction of sp³-hybridized carbons (Fsp3) is 0.200. The molecule has 0 saturated heterocycles. The van der Waals surface area contributed by atoms with Gasteiger partial charge in [0.15, 0.2) is 0 Å². The summed E-state index contributed by atoms with van der Waals surface area (Å²) in [6.45, 7) is 0. The molecule has 0 radical (unpaired) electrons.